The molecular formula is C13H13N5O. The second kappa shape index (κ2) is 5.01. The van der Waals surface area contributed by atoms with Gasteiger partial charge in [0.25, 0.3) is 5.56 Å². The van der Waals surface area contributed by atoms with Crippen molar-refractivity contribution in [3.63, 3.8) is 0 Å². The van der Waals surface area contributed by atoms with Crippen LogP contribution < -0.4 is 5.56 Å². The summed E-state index contributed by atoms with van der Waals surface area (Å²) in [5.74, 6) is 0.655. The maximum Gasteiger partial charge on any atom is 0.281 e. The number of hydrogen-bond donors (Lipinski definition) is 2. The Balaban J connectivity index is 1.70. The lowest BCUT2D eigenvalue weighted by atomic mass is 10.1. The average Bonchev–Trinajstić information content (AvgIpc) is 2.89. The van der Waals surface area contributed by atoms with Crippen molar-refractivity contribution >= 4 is 11.2 Å². The van der Waals surface area contributed by atoms with Crippen LogP contribution in [0.5, 0.6) is 0 Å². The standard InChI is InChI=1S/C13H13N5O/c19-13-11-12(17-18-16-11)14-10(15-13)8-4-7-9-5-2-1-3-6-9/h1-3,5-6H,4,7-8H2,(H2,14,15,16,17,18,19). The molecule has 0 aliphatic rings. The van der Waals surface area contributed by atoms with Crippen LogP contribution in [0.4, 0.5) is 0 Å². The number of fused-ring (bicyclic) bond motifs is 1. The predicted octanol–water partition coefficient (Wildman–Crippen LogP) is 1.22. The lowest BCUT2D eigenvalue weighted by molar-refractivity contribution is 0.771. The van der Waals surface area contributed by atoms with Crippen molar-refractivity contribution in [1.29, 1.82) is 0 Å². The van der Waals surface area contributed by atoms with Crippen LogP contribution in [-0.4, -0.2) is 25.4 Å². The van der Waals surface area contributed by atoms with Gasteiger partial charge < -0.3 is 4.98 Å². The predicted molar refractivity (Wildman–Crippen MR) is 70.8 cm³/mol. The molecular weight excluding hydrogens is 242 g/mol. The van der Waals surface area contributed by atoms with E-state index in [1.807, 2.05) is 18.2 Å². The lowest BCUT2D eigenvalue weighted by Gasteiger charge is -2.01. The number of rotatable bonds is 4. The van der Waals surface area contributed by atoms with Crippen molar-refractivity contribution in [3.8, 4) is 0 Å². The molecule has 0 atom stereocenters. The topological polar surface area (TPSA) is 87.3 Å². The molecule has 1 aromatic carbocycles. The minimum absolute atomic E-state index is 0.242. The summed E-state index contributed by atoms with van der Waals surface area (Å²) in [5.41, 5.74) is 1.67. The van der Waals surface area contributed by atoms with Crippen molar-refractivity contribution < 1.29 is 0 Å². The monoisotopic (exact) mass is 255 g/mol. The first kappa shape index (κ1) is 11.6. The lowest BCUT2D eigenvalue weighted by Crippen LogP contribution is -2.12. The fourth-order valence-corrected chi connectivity index (χ4v) is 2.02. The first-order chi connectivity index (χ1) is 9.33. The van der Waals surface area contributed by atoms with Gasteiger partial charge in [-0.1, -0.05) is 30.3 Å². The van der Waals surface area contributed by atoms with E-state index in [1.165, 1.54) is 5.56 Å². The van der Waals surface area contributed by atoms with Gasteiger partial charge in [0.05, 0.1) is 0 Å². The summed E-state index contributed by atoms with van der Waals surface area (Å²) in [5, 5.41) is 9.99. The quantitative estimate of drug-likeness (QED) is 0.733. The highest BCUT2D eigenvalue weighted by atomic mass is 16.1. The normalized spacial score (nSPS) is 10.9. The number of aromatic amines is 2. The number of benzene rings is 1. The third kappa shape index (κ3) is 2.52. The van der Waals surface area contributed by atoms with Crippen LogP contribution in [-0.2, 0) is 12.8 Å². The number of aryl methyl sites for hydroxylation is 2. The zero-order valence-electron chi connectivity index (χ0n) is 10.3. The molecule has 6 heteroatoms. The first-order valence-electron chi connectivity index (χ1n) is 6.16. The van der Waals surface area contributed by atoms with E-state index in [0.717, 1.165) is 12.8 Å². The molecule has 0 radical (unpaired) electrons. The van der Waals surface area contributed by atoms with E-state index in [2.05, 4.69) is 37.5 Å². The number of aromatic nitrogens is 5. The molecule has 0 spiro atoms. The number of H-pyrrole nitrogens is 2. The van der Waals surface area contributed by atoms with Crippen LogP contribution in [0.2, 0.25) is 0 Å². The Labute approximate surface area is 108 Å². The van der Waals surface area contributed by atoms with Crippen molar-refractivity contribution in [2.75, 3.05) is 0 Å². The maximum absolute atomic E-state index is 11.7. The minimum atomic E-state index is -0.242. The summed E-state index contributed by atoms with van der Waals surface area (Å²) in [4.78, 5) is 18.7. The minimum Gasteiger partial charge on any atom is -0.308 e. The molecule has 2 N–H and O–H groups in total. The SMILES string of the molecule is O=c1[nH]c(CCCc2ccccc2)nc2n[nH]nc12. The summed E-state index contributed by atoms with van der Waals surface area (Å²) in [7, 11) is 0. The van der Waals surface area contributed by atoms with E-state index >= 15 is 0 Å². The van der Waals surface area contributed by atoms with Gasteiger partial charge in [-0.25, -0.2) is 4.98 Å². The molecule has 6 nitrogen and oxygen atoms in total. The van der Waals surface area contributed by atoms with Crippen LogP contribution in [0.1, 0.15) is 17.8 Å². The maximum atomic E-state index is 11.7. The van der Waals surface area contributed by atoms with Crippen LogP contribution in [0.3, 0.4) is 0 Å². The van der Waals surface area contributed by atoms with Gasteiger partial charge in [-0.05, 0) is 18.4 Å². The molecule has 0 saturated heterocycles. The van der Waals surface area contributed by atoms with Crippen molar-refractivity contribution in [2.24, 2.45) is 0 Å². The number of nitrogens with one attached hydrogen (secondary N) is 2. The molecule has 2 aromatic heterocycles. The van der Waals surface area contributed by atoms with Crippen molar-refractivity contribution in [3.05, 3.63) is 52.1 Å². The molecule has 0 fully saturated rings. The largest absolute Gasteiger partial charge is 0.308 e. The summed E-state index contributed by atoms with van der Waals surface area (Å²) in [6.45, 7) is 0. The zero-order chi connectivity index (χ0) is 13.1. The van der Waals surface area contributed by atoms with Crippen molar-refractivity contribution in [1.82, 2.24) is 25.4 Å². The van der Waals surface area contributed by atoms with E-state index in [-0.39, 0.29) is 11.1 Å². The van der Waals surface area contributed by atoms with Crippen LogP contribution in [0, 0.1) is 0 Å². The summed E-state index contributed by atoms with van der Waals surface area (Å²) >= 11 is 0. The zero-order valence-corrected chi connectivity index (χ0v) is 10.3. The molecule has 0 saturated carbocycles. The summed E-state index contributed by atoms with van der Waals surface area (Å²) in [6.07, 6.45) is 2.60. The average molecular weight is 255 g/mol. The molecule has 19 heavy (non-hydrogen) atoms. The van der Waals surface area contributed by atoms with Gasteiger partial charge in [-0.2, -0.15) is 5.21 Å². The molecule has 0 aliphatic heterocycles. The van der Waals surface area contributed by atoms with E-state index in [1.54, 1.807) is 0 Å². The highest BCUT2D eigenvalue weighted by molar-refractivity contribution is 5.66. The van der Waals surface area contributed by atoms with E-state index in [4.69, 9.17) is 0 Å². The third-order valence-corrected chi connectivity index (χ3v) is 2.97. The smallest absolute Gasteiger partial charge is 0.281 e. The Hall–Kier alpha value is -2.50. The molecule has 0 unspecified atom stereocenters. The van der Waals surface area contributed by atoms with Gasteiger partial charge in [-0.3, -0.25) is 4.79 Å². The number of nitrogens with zero attached hydrogens (tertiary/aromatic N) is 3. The highest BCUT2D eigenvalue weighted by Crippen LogP contribution is 2.06. The Bertz CT molecular complexity index is 731. The Kier molecular flexibility index (Phi) is 3.06. The second-order valence-electron chi connectivity index (χ2n) is 4.35. The van der Waals surface area contributed by atoms with Gasteiger partial charge in [0.15, 0.2) is 5.52 Å². The van der Waals surface area contributed by atoms with Crippen LogP contribution in [0.15, 0.2) is 35.1 Å². The van der Waals surface area contributed by atoms with Crippen LogP contribution in [0.25, 0.3) is 11.2 Å². The molecule has 0 amide bonds. The van der Waals surface area contributed by atoms with Gasteiger partial charge in [0.2, 0.25) is 5.65 Å². The van der Waals surface area contributed by atoms with E-state index in [9.17, 15) is 4.79 Å². The molecule has 0 aliphatic carbocycles. The van der Waals surface area contributed by atoms with Gasteiger partial charge in [0, 0.05) is 6.42 Å². The molecule has 3 rings (SSSR count). The van der Waals surface area contributed by atoms with Gasteiger partial charge >= 0.3 is 0 Å². The molecule has 3 aromatic rings. The van der Waals surface area contributed by atoms with Crippen LogP contribution >= 0.6 is 0 Å². The summed E-state index contributed by atoms with van der Waals surface area (Å²) in [6, 6.07) is 10.2. The van der Waals surface area contributed by atoms with Gasteiger partial charge in [-0.15, -0.1) is 10.2 Å². The second-order valence-corrected chi connectivity index (χ2v) is 4.35. The highest BCUT2D eigenvalue weighted by Gasteiger charge is 2.06. The molecule has 2 heterocycles. The van der Waals surface area contributed by atoms with E-state index < -0.39 is 0 Å². The van der Waals surface area contributed by atoms with E-state index in [0.29, 0.717) is 17.9 Å². The summed E-state index contributed by atoms with van der Waals surface area (Å²) < 4.78 is 0. The Morgan fingerprint density at radius 2 is 1.89 bits per heavy atom. The van der Waals surface area contributed by atoms with Gasteiger partial charge in [0.1, 0.15) is 5.82 Å². The molecule has 0 bridgehead atoms. The number of hydrogen-bond acceptors (Lipinski definition) is 4. The third-order valence-electron chi connectivity index (χ3n) is 2.97. The van der Waals surface area contributed by atoms with Crippen molar-refractivity contribution in [2.45, 2.75) is 19.3 Å². The fourth-order valence-electron chi connectivity index (χ4n) is 2.02. The Morgan fingerprint density at radius 1 is 1.05 bits per heavy atom. The Morgan fingerprint density at radius 3 is 2.74 bits per heavy atom. The first-order valence-corrected chi connectivity index (χ1v) is 6.16. The molecule has 96 valence electrons. The fraction of sp³-hybridized carbons (Fsp3) is 0.231.